The van der Waals surface area contributed by atoms with E-state index < -0.39 is 17.8 Å². The first-order chi connectivity index (χ1) is 11.0. The van der Waals surface area contributed by atoms with Crippen molar-refractivity contribution in [2.45, 2.75) is 65.7 Å². The Kier molecular flexibility index (Phi) is 6.92. The Balaban J connectivity index is 2.88. The first kappa shape index (κ1) is 20.6. The third kappa shape index (κ3) is 5.56. The second-order valence-electron chi connectivity index (χ2n) is 7.27. The molecule has 1 amide bonds. The molecule has 0 bridgehead atoms. The summed E-state index contributed by atoms with van der Waals surface area (Å²) in [6.07, 6.45) is -0.231. The average Bonchev–Trinajstić information content (AvgIpc) is 2.82. The van der Waals surface area contributed by atoms with Crippen LogP contribution < -0.4 is 0 Å². The smallest absolute Gasteiger partial charge is 0.410 e. The second-order valence-corrected chi connectivity index (χ2v) is 8.50. The molecule has 0 aromatic carbocycles. The fraction of sp³-hybridized carbons (Fsp3) is 0.706. The molecule has 1 heterocycles. The Morgan fingerprint density at radius 2 is 2.00 bits per heavy atom. The van der Waals surface area contributed by atoms with Gasteiger partial charge >= 0.3 is 6.09 Å². The SMILES string of the molecule is Cc1sc(C(O)CC(C(C)C)N(C)C(=O)OC(C)(C)C)nc1C=O. The molecule has 0 fully saturated rings. The highest BCUT2D eigenvalue weighted by Gasteiger charge is 2.30. The van der Waals surface area contributed by atoms with Gasteiger partial charge in [-0.05, 0) is 33.6 Å². The van der Waals surface area contributed by atoms with Gasteiger partial charge in [0.1, 0.15) is 22.4 Å². The number of carbonyl (C=O) groups excluding carboxylic acids is 2. The van der Waals surface area contributed by atoms with Crippen molar-refractivity contribution in [1.82, 2.24) is 9.88 Å². The zero-order chi connectivity index (χ0) is 18.7. The molecule has 1 aromatic heterocycles. The van der Waals surface area contributed by atoms with Crippen molar-refractivity contribution in [3.63, 3.8) is 0 Å². The minimum Gasteiger partial charge on any atom is -0.444 e. The molecule has 0 radical (unpaired) electrons. The molecule has 2 atom stereocenters. The summed E-state index contributed by atoms with van der Waals surface area (Å²) in [6.45, 7) is 11.2. The number of hydrogen-bond acceptors (Lipinski definition) is 6. The normalized spacial score (nSPS) is 14.4. The topological polar surface area (TPSA) is 79.7 Å². The van der Waals surface area contributed by atoms with Crippen molar-refractivity contribution < 1.29 is 19.4 Å². The van der Waals surface area contributed by atoms with Crippen molar-refractivity contribution in [3.8, 4) is 0 Å². The lowest BCUT2D eigenvalue weighted by Crippen LogP contribution is -2.44. The Morgan fingerprint density at radius 3 is 2.42 bits per heavy atom. The summed E-state index contributed by atoms with van der Waals surface area (Å²) in [6, 6.07) is -0.210. The number of nitrogens with zero attached hydrogens (tertiary/aromatic N) is 2. The van der Waals surface area contributed by atoms with Crippen molar-refractivity contribution >= 4 is 23.7 Å². The molecule has 0 saturated heterocycles. The third-order valence-corrected chi connectivity index (χ3v) is 4.75. The lowest BCUT2D eigenvalue weighted by Gasteiger charge is -2.34. The quantitative estimate of drug-likeness (QED) is 0.788. The lowest BCUT2D eigenvalue weighted by atomic mass is 9.97. The molecule has 7 heteroatoms. The number of aldehydes is 1. The molecule has 1 N–H and O–H groups in total. The Hall–Kier alpha value is -1.47. The Morgan fingerprint density at radius 1 is 1.42 bits per heavy atom. The van der Waals surface area contributed by atoms with Gasteiger partial charge in [-0.15, -0.1) is 11.3 Å². The minimum absolute atomic E-state index is 0.128. The maximum atomic E-state index is 12.3. The van der Waals surface area contributed by atoms with Crippen molar-refractivity contribution in [2.75, 3.05) is 7.05 Å². The van der Waals surface area contributed by atoms with Crippen molar-refractivity contribution in [2.24, 2.45) is 5.92 Å². The van der Waals surface area contributed by atoms with Crippen LogP contribution in [0.3, 0.4) is 0 Å². The van der Waals surface area contributed by atoms with E-state index in [0.29, 0.717) is 23.4 Å². The number of aliphatic hydroxyl groups excluding tert-OH is 1. The van der Waals surface area contributed by atoms with E-state index in [9.17, 15) is 14.7 Å². The predicted molar refractivity (Wildman–Crippen MR) is 94.4 cm³/mol. The van der Waals surface area contributed by atoms with Crippen LogP contribution in [0.5, 0.6) is 0 Å². The summed E-state index contributed by atoms with van der Waals surface area (Å²) < 4.78 is 5.40. The molecular weight excluding hydrogens is 328 g/mol. The third-order valence-electron chi connectivity index (χ3n) is 3.66. The van der Waals surface area contributed by atoms with Crippen molar-refractivity contribution in [1.29, 1.82) is 0 Å². The van der Waals surface area contributed by atoms with Crippen LogP contribution in [0.2, 0.25) is 0 Å². The first-order valence-electron chi connectivity index (χ1n) is 8.02. The predicted octanol–water partition coefficient (Wildman–Crippen LogP) is 3.58. The summed E-state index contributed by atoms with van der Waals surface area (Å²) in [5.74, 6) is 0.128. The number of aromatic nitrogens is 1. The van der Waals surface area contributed by atoms with E-state index in [2.05, 4.69) is 4.98 Å². The highest BCUT2D eigenvalue weighted by Crippen LogP contribution is 2.29. The Labute approximate surface area is 147 Å². The van der Waals surface area contributed by atoms with Crippen molar-refractivity contribution in [3.05, 3.63) is 15.6 Å². The number of thiazole rings is 1. The van der Waals surface area contributed by atoms with E-state index in [1.54, 1.807) is 14.0 Å². The highest BCUT2D eigenvalue weighted by atomic mass is 32.1. The van der Waals surface area contributed by atoms with E-state index in [-0.39, 0.29) is 12.0 Å². The van der Waals surface area contributed by atoms with E-state index in [4.69, 9.17) is 4.74 Å². The summed E-state index contributed by atoms with van der Waals surface area (Å²) in [7, 11) is 1.68. The van der Waals surface area contributed by atoms with Gasteiger partial charge < -0.3 is 14.7 Å². The van der Waals surface area contributed by atoms with Gasteiger partial charge in [-0.2, -0.15) is 0 Å². The second kappa shape index (κ2) is 8.07. The zero-order valence-corrected chi connectivity index (χ0v) is 16.3. The van der Waals surface area contributed by atoms with Crippen LogP contribution in [0.25, 0.3) is 0 Å². The summed E-state index contributed by atoms with van der Waals surface area (Å²) >= 11 is 1.30. The van der Waals surface area contributed by atoms with Gasteiger partial charge in [-0.25, -0.2) is 9.78 Å². The largest absolute Gasteiger partial charge is 0.444 e. The molecular formula is C17H28N2O4S. The van der Waals surface area contributed by atoms with Crippen LogP contribution in [-0.2, 0) is 4.74 Å². The van der Waals surface area contributed by atoms with Crippen LogP contribution in [0.1, 0.15) is 67.5 Å². The lowest BCUT2D eigenvalue weighted by molar-refractivity contribution is 0.0106. The van der Waals surface area contributed by atoms with E-state index in [1.807, 2.05) is 34.6 Å². The molecule has 6 nitrogen and oxygen atoms in total. The monoisotopic (exact) mass is 356 g/mol. The van der Waals surface area contributed by atoms with Crippen LogP contribution in [0.4, 0.5) is 4.79 Å². The molecule has 1 aromatic rings. The molecule has 0 aliphatic rings. The zero-order valence-electron chi connectivity index (χ0n) is 15.5. The number of aliphatic hydroxyl groups is 1. The average molecular weight is 356 g/mol. The fourth-order valence-electron chi connectivity index (χ4n) is 2.36. The van der Waals surface area contributed by atoms with Crippen LogP contribution in [-0.4, -0.2) is 46.1 Å². The Bertz CT molecular complexity index is 578. The standard InChI is InChI=1S/C17H28N2O4S/c1-10(2)13(19(7)16(22)23-17(4,5)6)8-14(21)15-18-12(9-20)11(3)24-15/h9-10,13-14,21H,8H2,1-7H3. The van der Waals surface area contributed by atoms with Gasteiger partial charge in [0.25, 0.3) is 0 Å². The molecule has 24 heavy (non-hydrogen) atoms. The molecule has 136 valence electrons. The molecule has 0 saturated carbocycles. The fourth-order valence-corrected chi connectivity index (χ4v) is 3.25. The first-order valence-corrected chi connectivity index (χ1v) is 8.84. The van der Waals surface area contributed by atoms with E-state index in [0.717, 1.165) is 4.88 Å². The highest BCUT2D eigenvalue weighted by molar-refractivity contribution is 7.11. The van der Waals surface area contributed by atoms with Crippen LogP contribution >= 0.6 is 11.3 Å². The number of carbonyl (C=O) groups is 2. The number of rotatable bonds is 6. The molecule has 1 rings (SSSR count). The number of aryl methyl sites for hydroxylation is 1. The van der Waals surface area contributed by atoms with E-state index >= 15 is 0 Å². The van der Waals surface area contributed by atoms with Gasteiger partial charge in [0.05, 0.1) is 0 Å². The van der Waals surface area contributed by atoms with E-state index in [1.165, 1.54) is 16.2 Å². The van der Waals surface area contributed by atoms with Gasteiger partial charge in [0.15, 0.2) is 6.29 Å². The maximum Gasteiger partial charge on any atom is 0.410 e. The van der Waals surface area contributed by atoms with Crippen LogP contribution in [0.15, 0.2) is 0 Å². The number of hydrogen-bond donors (Lipinski definition) is 1. The summed E-state index contributed by atoms with van der Waals surface area (Å²) in [4.78, 5) is 29.7. The number of ether oxygens (including phenoxy) is 1. The summed E-state index contributed by atoms with van der Waals surface area (Å²) in [5, 5.41) is 11.0. The molecule has 0 aliphatic carbocycles. The van der Waals surface area contributed by atoms with Gasteiger partial charge in [-0.3, -0.25) is 4.79 Å². The number of amides is 1. The van der Waals surface area contributed by atoms with Crippen LogP contribution in [0, 0.1) is 12.8 Å². The molecule has 0 aliphatic heterocycles. The molecule has 0 spiro atoms. The summed E-state index contributed by atoms with van der Waals surface area (Å²) in [5.41, 5.74) is -0.216. The maximum absolute atomic E-state index is 12.3. The van der Waals surface area contributed by atoms with Gasteiger partial charge in [0, 0.05) is 24.4 Å². The van der Waals surface area contributed by atoms with Gasteiger partial charge in [-0.1, -0.05) is 13.8 Å². The minimum atomic E-state index is -0.834. The molecule has 2 unspecified atom stereocenters. The van der Waals surface area contributed by atoms with Gasteiger partial charge in [0.2, 0.25) is 0 Å².